The van der Waals surface area contributed by atoms with Gasteiger partial charge in [-0.1, -0.05) is 6.92 Å². The van der Waals surface area contributed by atoms with Gasteiger partial charge >= 0.3 is 23.1 Å². The molecule has 0 unspecified atom stereocenters. The molecule has 96 valence electrons. The van der Waals surface area contributed by atoms with Crippen molar-refractivity contribution in [2.75, 3.05) is 0 Å². The van der Waals surface area contributed by atoms with Crippen molar-refractivity contribution in [1.29, 1.82) is 0 Å². The van der Waals surface area contributed by atoms with Gasteiger partial charge in [-0.2, -0.15) is 0 Å². The predicted octanol–water partition coefficient (Wildman–Crippen LogP) is -0.702. The summed E-state index contributed by atoms with van der Waals surface area (Å²) in [7, 11) is 0. The van der Waals surface area contributed by atoms with E-state index in [0.29, 0.717) is 0 Å². The Morgan fingerprint density at radius 3 is 1.44 bits per heavy atom. The number of carbonyl (C=O) groups excluding carboxylic acids is 3. The molecular formula is C11H14MgO6. The smallest absolute Gasteiger partial charge is 0.876 e. The fraction of sp³-hybridized carbons (Fsp3) is 0.364. The molecule has 0 rings (SSSR count). The first-order chi connectivity index (χ1) is 7.65. The first-order valence-corrected chi connectivity index (χ1v) is 4.58. The molecule has 0 aliphatic carbocycles. The van der Waals surface area contributed by atoms with Gasteiger partial charge in [0.1, 0.15) is 0 Å². The van der Waals surface area contributed by atoms with Crippen molar-refractivity contribution in [2.24, 2.45) is 0 Å². The zero-order valence-electron chi connectivity index (χ0n) is 10.8. The van der Waals surface area contributed by atoms with Gasteiger partial charge < -0.3 is 19.7 Å². The Kier molecular flexibility index (Phi) is 14.7. The Hall–Kier alpha value is -1.34. The van der Waals surface area contributed by atoms with Gasteiger partial charge in [0.15, 0.2) is 11.6 Å². The van der Waals surface area contributed by atoms with Gasteiger partial charge in [0.2, 0.25) is 0 Å². The van der Waals surface area contributed by atoms with E-state index >= 15 is 0 Å². The predicted molar refractivity (Wildman–Crippen MR) is 61.1 cm³/mol. The minimum atomic E-state index is -1.66. The van der Waals surface area contributed by atoms with Crippen LogP contribution < -0.4 is 10.2 Å². The first-order valence-electron chi connectivity index (χ1n) is 4.58. The first kappa shape index (κ1) is 21.9. The van der Waals surface area contributed by atoms with Crippen molar-refractivity contribution < 1.29 is 29.3 Å². The summed E-state index contributed by atoms with van der Waals surface area (Å²) in [6.45, 7) is 5.35. The number of carbonyl (C=O) groups is 3. The number of rotatable bonds is 3. The molecule has 7 heteroatoms. The second kappa shape index (κ2) is 12.1. The molecule has 0 N–H and O–H groups in total. The number of allylic oxidation sites excluding steroid dienone is 4. The Balaban J connectivity index is -0.000000251. The monoisotopic (exact) mass is 266 g/mol. The molecule has 0 amide bonds. The van der Waals surface area contributed by atoms with Gasteiger partial charge in [0, 0.05) is 5.76 Å². The topological polar surface area (TPSA) is 107 Å². The Morgan fingerprint density at radius 2 is 1.28 bits per heavy atom. The van der Waals surface area contributed by atoms with Gasteiger partial charge in [-0.25, -0.2) is 0 Å². The number of hydrogen-bond acceptors (Lipinski definition) is 6. The van der Waals surface area contributed by atoms with E-state index in [1.807, 2.05) is 0 Å². The van der Waals surface area contributed by atoms with Crippen LogP contribution in [0.4, 0.5) is 4.79 Å². The molecule has 6 nitrogen and oxygen atoms in total. The summed E-state index contributed by atoms with van der Waals surface area (Å²) in [6.07, 6.45) is 0.463. The normalized spacial score (nSPS) is 10.4. The van der Waals surface area contributed by atoms with Crippen LogP contribution in [0.25, 0.3) is 0 Å². The molecule has 0 saturated carbocycles. The minimum Gasteiger partial charge on any atom is -0.876 e. The summed E-state index contributed by atoms with van der Waals surface area (Å²) < 4.78 is 4.01. The fourth-order valence-electron chi connectivity index (χ4n) is 0.733. The van der Waals surface area contributed by atoms with Crippen LogP contribution in [-0.4, -0.2) is 40.8 Å². The van der Waals surface area contributed by atoms with Crippen LogP contribution in [0.3, 0.4) is 0 Å². The van der Waals surface area contributed by atoms with Crippen LogP contribution >= 0.6 is 0 Å². The van der Waals surface area contributed by atoms with Crippen molar-refractivity contribution in [1.82, 2.24) is 0 Å². The SMILES string of the molecule is CC(=O)C=C(C)OC(=O)[O-].CC(=O)C=C(C)[O-].[Mg+2]. The molecule has 0 fully saturated rings. The molecule has 0 aromatic heterocycles. The van der Waals surface area contributed by atoms with Gasteiger partial charge in [0.25, 0.3) is 6.16 Å². The van der Waals surface area contributed by atoms with Crippen molar-refractivity contribution in [3.8, 4) is 0 Å². The van der Waals surface area contributed by atoms with Crippen molar-refractivity contribution >= 4 is 40.8 Å². The largest absolute Gasteiger partial charge is 2.00 e. The Morgan fingerprint density at radius 1 is 0.889 bits per heavy atom. The van der Waals surface area contributed by atoms with Crippen LogP contribution in [0.1, 0.15) is 27.7 Å². The summed E-state index contributed by atoms with van der Waals surface area (Å²) in [4.78, 5) is 29.9. The second-order valence-electron chi connectivity index (χ2n) is 3.08. The molecule has 0 aromatic carbocycles. The molecule has 0 aliphatic rings. The van der Waals surface area contributed by atoms with Crippen LogP contribution in [0, 0.1) is 0 Å². The van der Waals surface area contributed by atoms with Crippen LogP contribution in [0.2, 0.25) is 0 Å². The van der Waals surface area contributed by atoms with Gasteiger partial charge in [-0.3, -0.25) is 9.59 Å². The van der Waals surface area contributed by atoms with E-state index in [2.05, 4.69) is 4.74 Å². The quantitative estimate of drug-likeness (QED) is 0.289. The van der Waals surface area contributed by atoms with Crippen molar-refractivity contribution in [3.63, 3.8) is 0 Å². The van der Waals surface area contributed by atoms with Gasteiger partial charge in [0.05, 0.1) is 0 Å². The molecule has 0 heterocycles. The standard InChI is InChI=1S/C6H8O4.C5H8O2.Mg/c1-4(7)3-5(2)10-6(8)9;1-4(6)3-5(2)7;/h3H,1-2H3,(H,8,9);3,6H,1-2H3;/q;;+2/p-2. The molecule has 0 bridgehead atoms. The average Bonchev–Trinajstić information content (AvgIpc) is 1.97. The maximum atomic E-state index is 10.3. The Labute approximate surface area is 121 Å². The van der Waals surface area contributed by atoms with E-state index in [4.69, 9.17) is 0 Å². The summed E-state index contributed by atoms with van der Waals surface area (Å²) >= 11 is 0. The molecule has 0 saturated heterocycles. The molecule has 0 spiro atoms. The number of ether oxygens (including phenoxy) is 1. The maximum Gasteiger partial charge on any atom is 2.00 e. The fourth-order valence-corrected chi connectivity index (χ4v) is 0.733. The molecule has 0 aromatic rings. The van der Waals surface area contributed by atoms with E-state index in [1.165, 1.54) is 27.7 Å². The zero-order chi connectivity index (χ0) is 14.0. The third-order valence-electron chi connectivity index (χ3n) is 1.06. The molecule has 0 radical (unpaired) electrons. The van der Waals surface area contributed by atoms with E-state index in [1.54, 1.807) is 0 Å². The van der Waals surface area contributed by atoms with E-state index in [9.17, 15) is 24.6 Å². The van der Waals surface area contributed by atoms with Gasteiger partial charge in [-0.05, 0) is 32.9 Å². The van der Waals surface area contributed by atoms with Crippen molar-refractivity contribution in [3.05, 3.63) is 23.7 Å². The summed E-state index contributed by atoms with van der Waals surface area (Å²) in [5.41, 5.74) is 0. The Bertz CT molecular complexity index is 353. The van der Waals surface area contributed by atoms with Crippen LogP contribution in [0.15, 0.2) is 23.7 Å². The van der Waals surface area contributed by atoms with Crippen molar-refractivity contribution in [2.45, 2.75) is 27.7 Å². The van der Waals surface area contributed by atoms with E-state index < -0.39 is 6.16 Å². The molecule has 0 atom stereocenters. The minimum absolute atomic E-state index is 0. The molecule has 18 heavy (non-hydrogen) atoms. The number of hydrogen-bond donors (Lipinski definition) is 0. The maximum absolute atomic E-state index is 10.3. The summed E-state index contributed by atoms with van der Waals surface area (Å²) in [5, 5.41) is 19.7. The number of ketones is 2. The van der Waals surface area contributed by atoms with E-state index in [-0.39, 0.29) is 46.1 Å². The van der Waals surface area contributed by atoms with Crippen LogP contribution in [-0.2, 0) is 14.3 Å². The second-order valence-corrected chi connectivity index (χ2v) is 3.08. The summed E-state index contributed by atoms with van der Waals surface area (Å²) in [5.74, 6) is -0.619. The molecule has 0 aliphatic heterocycles. The zero-order valence-corrected chi connectivity index (χ0v) is 12.2. The molecular weight excluding hydrogens is 252 g/mol. The third-order valence-corrected chi connectivity index (χ3v) is 1.06. The third kappa shape index (κ3) is 24.1. The average molecular weight is 267 g/mol. The van der Waals surface area contributed by atoms with E-state index in [0.717, 1.165) is 12.2 Å². The summed E-state index contributed by atoms with van der Waals surface area (Å²) in [6, 6.07) is 0. The van der Waals surface area contributed by atoms with Crippen LogP contribution in [0.5, 0.6) is 0 Å². The number of carboxylic acid groups (broad SMARTS) is 1. The van der Waals surface area contributed by atoms with Gasteiger partial charge in [-0.15, -0.1) is 5.76 Å².